The van der Waals surface area contributed by atoms with Crippen LogP contribution in [-0.4, -0.2) is 21.7 Å². The molecular formula is C27H32N4O3. The van der Waals surface area contributed by atoms with Crippen molar-refractivity contribution >= 4 is 16.8 Å². The third-order valence-electron chi connectivity index (χ3n) is 6.48. The van der Waals surface area contributed by atoms with Crippen LogP contribution in [0.25, 0.3) is 10.9 Å². The van der Waals surface area contributed by atoms with Crippen molar-refractivity contribution in [3.8, 4) is 0 Å². The van der Waals surface area contributed by atoms with Crippen LogP contribution in [0.3, 0.4) is 0 Å². The maximum Gasteiger partial charge on any atom is 0.237 e. The summed E-state index contributed by atoms with van der Waals surface area (Å²) < 4.78 is 13.1. The maximum atomic E-state index is 13.3. The number of hydrogen-bond acceptors (Lipinski definition) is 5. The smallest absolute Gasteiger partial charge is 0.237 e. The first-order valence-electron chi connectivity index (χ1n) is 12.0. The lowest BCUT2D eigenvalue weighted by atomic mass is 9.94. The molecule has 5 rings (SSSR count). The average molecular weight is 461 g/mol. The zero-order valence-corrected chi connectivity index (χ0v) is 20.2. The first-order chi connectivity index (χ1) is 16.4. The summed E-state index contributed by atoms with van der Waals surface area (Å²) in [5, 5.41) is 12.2. The van der Waals surface area contributed by atoms with Crippen LogP contribution < -0.4 is 10.6 Å². The van der Waals surface area contributed by atoms with Crippen molar-refractivity contribution in [1.29, 1.82) is 0 Å². The topological polar surface area (TPSA) is 85.2 Å². The molecule has 4 aromatic rings. The summed E-state index contributed by atoms with van der Waals surface area (Å²) in [5.41, 5.74) is 4.49. The van der Waals surface area contributed by atoms with Gasteiger partial charge in [0.25, 0.3) is 0 Å². The van der Waals surface area contributed by atoms with Crippen LogP contribution in [0.15, 0.2) is 51.5 Å². The van der Waals surface area contributed by atoms with E-state index in [-0.39, 0.29) is 18.0 Å². The predicted molar refractivity (Wildman–Crippen MR) is 130 cm³/mol. The van der Waals surface area contributed by atoms with Gasteiger partial charge < -0.3 is 18.8 Å². The molecule has 0 bridgehead atoms. The summed E-state index contributed by atoms with van der Waals surface area (Å²) in [6.07, 6.45) is 3.75. The van der Waals surface area contributed by atoms with Gasteiger partial charge >= 0.3 is 0 Å². The largest absolute Gasteiger partial charge is 0.465 e. The van der Waals surface area contributed by atoms with E-state index in [1.165, 1.54) is 16.5 Å². The minimum atomic E-state index is -0.333. The van der Waals surface area contributed by atoms with E-state index in [1.54, 1.807) is 0 Å². The first-order valence-corrected chi connectivity index (χ1v) is 12.0. The fourth-order valence-corrected chi connectivity index (χ4v) is 5.04. The normalized spacial score (nSPS) is 17.9. The van der Waals surface area contributed by atoms with E-state index < -0.39 is 0 Å². The zero-order valence-electron chi connectivity index (χ0n) is 20.2. The zero-order chi connectivity index (χ0) is 23.8. The van der Waals surface area contributed by atoms with Gasteiger partial charge in [0.2, 0.25) is 5.91 Å². The molecule has 7 heteroatoms. The van der Waals surface area contributed by atoms with Gasteiger partial charge in [0.15, 0.2) is 0 Å². The number of carbonyl (C=O) groups excluding carboxylic acids is 1. The van der Waals surface area contributed by atoms with Gasteiger partial charge in [0.05, 0.1) is 19.1 Å². The van der Waals surface area contributed by atoms with Crippen LogP contribution in [0.2, 0.25) is 0 Å². The van der Waals surface area contributed by atoms with E-state index in [0.717, 1.165) is 34.9 Å². The fourth-order valence-electron chi connectivity index (χ4n) is 5.04. The second-order valence-electron chi connectivity index (χ2n) is 9.79. The Bertz CT molecular complexity index is 1310. The molecule has 0 fully saturated rings. The van der Waals surface area contributed by atoms with Crippen LogP contribution in [0.1, 0.15) is 60.4 Å². The number of rotatable bonds is 7. The number of aromatic nitrogens is 2. The maximum absolute atomic E-state index is 13.3. The molecule has 2 N–H and O–H groups in total. The van der Waals surface area contributed by atoms with Crippen molar-refractivity contribution in [1.82, 2.24) is 20.4 Å². The van der Waals surface area contributed by atoms with Crippen molar-refractivity contribution in [2.24, 2.45) is 5.92 Å². The van der Waals surface area contributed by atoms with Gasteiger partial charge in [-0.15, -0.1) is 0 Å². The Morgan fingerprint density at radius 1 is 1.24 bits per heavy atom. The van der Waals surface area contributed by atoms with E-state index in [2.05, 4.69) is 58.6 Å². The molecule has 0 radical (unpaired) electrons. The second-order valence-corrected chi connectivity index (χ2v) is 9.79. The standard InChI is InChI=1S/C27H32N4O3/c1-16(2)10-23-22-6-5-7-25-26(22)19(14-31(25)15-20-11-18(4)34-30-20)12-24(29-23)27(32)28-13-21-9-8-17(3)33-21/h5-9,11,14,16,23-24,29H,10,12-13,15H2,1-4H3,(H,28,32). The summed E-state index contributed by atoms with van der Waals surface area (Å²) in [4.78, 5) is 13.3. The number of nitrogens with one attached hydrogen (secondary N) is 2. The van der Waals surface area contributed by atoms with Gasteiger partial charge in [0.1, 0.15) is 23.0 Å². The molecule has 0 saturated heterocycles. The lowest BCUT2D eigenvalue weighted by Gasteiger charge is -2.25. The molecule has 0 saturated carbocycles. The highest BCUT2D eigenvalue weighted by molar-refractivity contribution is 5.90. The molecule has 7 nitrogen and oxygen atoms in total. The molecule has 2 unspecified atom stereocenters. The van der Waals surface area contributed by atoms with Crippen LogP contribution in [0.4, 0.5) is 0 Å². The Hall–Kier alpha value is -3.32. The quantitative estimate of drug-likeness (QED) is 0.414. The van der Waals surface area contributed by atoms with E-state index in [0.29, 0.717) is 25.4 Å². The highest BCUT2D eigenvalue weighted by atomic mass is 16.5. The minimum absolute atomic E-state index is 0.0105. The number of benzene rings is 1. The third kappa shape index (κ3) is 4.53. The van der Waals surface area contributed by atoms with Crippen molar-refractivity contribution in [3.63, 3.8) is 0 Å². The number of furan rings is 1. The number of hydrogen-bond donors (Lipinski definition) is 2. The second kappa shape index (κ2) is 9.14. The minimum Gasteiger partial charge on any atom is -0.465 e. The lowest BCUT2D eigenvalue weighted by Crippen LogP contribution is -2.46. The number of nitrogens with zero attached hydrogens (tertiary/aromatic N) is 2. The summed E-state index contributed by atoms with van der Waals surface area (Å²) in [5.74, 6) is 2.89. The Balaban J connectivity index is 1.47. The SMILES string of the molecule is Cc1cc(Cn2cc3c4c(cccc42)C(CC(C)C)NC(C(=O)NCc2ccc(C)o2)C3)no1. The molecule has 3 aromatic heterocycles. The molecule has 4 heterocycles. The molecule has 1 aliphatic heterocycles. The average Bonchev–Trinajstić information content (AvgIpc) is 3.47. The van der Waals surface area contributed by atoms with E-state index in [4.69, 9.17) is 8.94 Å². The summed E-state index contributed by atoms with van der Waals surface area (Å²) in [7, 11) is 0. The molecule has 2 atom stereocenters. The van der Waals surface area contributed by atoms with E-state index in [1.807, 2.05) is 32.0 Å². The van der Waals surface area contributed by atoms with Crippen LogP contribution in [0.5, 0.6) is 0 Å². The highest BCUT2D eigenvalue weighted by Gasteiger charge is 2.31. The van der Waals surface area contributed by atoms with Crippen LogP contribution in [-0.2, 0) is 24.3 Å². The number of amides is 1. The molecular weight excluding hydrogens is 428 g/mol. The summed E-state index contributed by atoms with van der Waals surface area (Å²) >= 11 is 0. The monoisotopic (exact) mass is 460 g/mol. The molecule has 0 aliphatic carbocycles. The molecule has 0 spiro atoms. The Labute approximate surface area is 199 Å². The molecule has 1 aromatic carbocycles. The van der Waals surface area contributed by atoms with Gasteiger partial charge in [-0.05, 0) is 61.9 Å². The van der Waals surface area contributed by atoms with Gasteiger partial charge in [0, 0.05) is 29.2 Å². The first kappa shape index (κ1) is 22.5. The molecule has 178 valence electrons. The summed E-state index contributed by atoms with van der Waals surface area (Å²) in [6.45, 7) is 9.27. The van der Waals surface area contributed by atoms with E-state index in [9.17, 15) is 4.79 Å². The number of carbonyl (C=O) groups is 1. The summed E-state index contributed by atoms with van der Waals surface area (Å²) in [6, 6.07) is 12.0. The molecule has 1 amide bonds. The Morgan fingerprint density at radius 2 is 2.09 bits per heavy atom. The third-order valence-corrected chi connectivity index (χ3v) is 6.48. The predicted octanol–water partition coefficient (Wildman–Crippen LogP) is 4.81. The van der Waals surface area contributed by atoms with Crippen molar-refractivity contribution in [2.45, 2.75) is 65.7 Å². The number of aryl methyl sites for hydroxylation is 2. The highest BCUT2D eigenvalue weighted by Crippen LogP contribution is 2.36. The van der Waals surface area contributed by atoms with Gasteiger partial charge in [-0.3, -0.25) is 10.1 Å². The van der Waals surface area contributed by atoms with Gasteiger partial charge in [-0.1, -0.05) is 31.1 Å². The van der Waals surface area contributed by atoms with Crippen LogP contribution in [0, 0.1) is 19.8 Å². The van der Waals surface area contributed by atoms with E-state index >= 15 is 0 Å². The van der Waals surface area contributed by atoms with Crippen LogP contribution >= 0.6 is 0 Å². The fraction of sp³-hybridized carbons (Fsp3) is 0.407. The molecule has 1 aliphatic rings. The van der Waals surface area contributed by atoms with Gasteiger partial charge in [-0.25, -0.2) is 0 Å². The van der Waals surface area contributed by atoms with Crippen molar-refractivity contribution < 1.29 is 13.7 Å². The lowest BCUT2D eigenvalue weighted by molar-refractivity contribution is -0.123. The van der Waals surface area contributed by atoms with Crippen molar-refractivity contribution in [2.75, 3.05) is 0 Å². The van der Waals surface area contributed by atoms with Gasteiger partial charge in [-0.2, -0.15) is 0 Å². The Kier molecular flexibility index (Phi) is 6.04. The van der Waals surface area contributed by atoms with Crippen molar-refractivity contribution in [3.05, 3.63) is 76.7 Å². The molecule has 34 heavy (non-hydrogen) atoms. The Morgan fingerprint density at radius 3 is 2.79 bits per heavy atom.